The first-order chi connectivity index (χ1) is 10.3. The molecule has 0 bridgehead atoms. The second-order valence-electron chi connectivity index (χ2n) is 6.93. The van der Waals surface area contributed by atoms with Crippen LogP contribution in [0, 0.1) is 17.8 Å². The second-order valence-corrected chi connectivity index (χ2v) is 6.93. The molecule has 2 saturated carbocycles. The summed E-state index contributed by atoms with van der Waals surface area (Å²) in [5.74, 6) is 2.34. The van der Waals surface area contributed by atoms with Crippen molar-refractivity contribution in [1.82, 2.24) is 4.98 Å². The molecule has 2 heteroatoms. The van der Waals surface area contributed by atoms with Crippen molar-refractivity contribution in [3.05, 3.63) is 36.0 Å². The molecule has 2 fully saturated rings. The number of H-pyrrole nitrogens is 1. The van der Waals surface area contributed by atoms with Crippen molar-refractivity contribution in [3.8, 4) is 0 Å². The summed E-state index contributed by atoms with van der Waals surface area (Å²) in [6.45, 7) is 0. The van der Waals surface area contributed by atoms with Gasteiger partial charge in [-0.3, -0.25) is 4.79 Å². The first kappa shape index (κ1) is 13.1. The molecule has 2 aliphatic rings. The van der Waals surface area contributed by atoms with Crippen molar-refractivity contribution in [3.63, 3.8) is 0 Å². The maximum atomic E-state index is 12.9. The molecular formula is C19H23NO. The molecule has 3 unspecified atom stereocenters. The molecule has 2 nitrogen and oxygen atoms in total. The van der Waals surface area contributed by atoms with Gasteiger partial charge < -0.3 is 4.98 Å². The van der Waals surface area contributed by atoms with Gasteiger partial charge in [0.05, 0.1) is 0 Å². The molecule has 3 atom stereocenters. The number of benzene rings is 1. The average Bonchev–Trinajstić information content (AvgIpc) is 2.98. The van der Waals surface area contributed by atoms with Crippen LogP contribution in [0.1, 0.15) is 55.3 Å². The lowest BCUT2D eigenvalue weighted by Gasteiger charge is -2.38. The van der Waals surface area contributed by atoms with Crippen LogP contribution >= 0.6 is 0 Å². The molecule has 1 heterocycles. The second kappa shape index (κ2) is 5.32. The van der Waals surface area contributed by atoms with Crippen molar-refractivity contribution in [2.45, 2.75) is 44.9 Å². The number of nitrogens with one attached hydrogen (secondary N) is 1. The monoisotopic (exact) mass is 281 g/mol. The van der Waals surface area contributed by atoms with Crippen LogP contribution in [0.4, 0.5) is 0 Å². The summed E-state index contributed by atoms with van der Waals surface area (Å²) in [4.78, 5) is 16.2. The number of rotatable bonds is 2. The van der Waals surface area contributed by atoms with Crippen LogP contribution in [0.15, 0.2) is 30.5 Å². The Kier molecular flexibility index (Phi) is 3.33. The third-order valence-corrected chi connectivity index (χ3v) is 5.77. The van der Waals surface area contributed by atoms with Gasteiger partial charge in [0.2, 0.25) is 0 Å². The third kappa shape index (κ3) is 2.31. The van der Waals surface area contributed by atoms with E-state index in [1.165, 1.54) is 32.1 Å². The Labute approximate surface area is 125 Å². The van der Waals surface area contributed by atoms with Crippen molar-refractivity contribution in [2.75, 3.05) is 0 Å². The topological polar surface area (TPSA) is 32.9 Å². The van der Waals surface area contributed by atoms with E-state index in [-0.39, 0.29) is 5.92 Å². The quantitative estimate of drug-likeness (QED) is 0.776. The fourth-order valence-electron chi connectivity index (χ4n) is 4.61. The number of aromatic amines is 1. The van der Waals surface area contributed by atoms with E-state index in [1.807, 2.05) is 24.4 Å². The zero-order valence-corrected chi connectivity index (χ0v) is 12.5. The molecule has 2 aliphatic carbocycles. The van der Waals surface area contributed by atoms with E-state index >= 15 is 0 Å². The Morgan fingerprint density at radius 2 is 1.81 bits per heavy atom. The number of ketones is 1. The summed E-state index contributed by atoms with van der Waals surface area (Å²) in [5.41, 5.74) is 1.98. The number of Topliss-reactive ketones (excluding diaryl/α,β-unsaturated/α-hetero) is 1. The van der Waals surface area contributed by atoms with E-state index in [0.717, 1.165) is 41.1 Å². The Bertz CT molecular complexity index is 656. The smallest absolute Gasteiger partial charge is 0.168 e. The molecule has 0 spiro atoms. The standard InChI is InChI=1S/C19H23NO/c21-19(17-12-20-18-8-4-3-7-16(17)18)15-10-9-13-5-1-2-6-14(13)11-15/h3-4,7-8,12-15,20H,1-2,5-6,9-11H2. The normalized spacial score (nSPS) is 29.2. The predicted molar refractivity (Wildman–Crippen MR) is 85.4 cm³/mol. The highest BCUT2D eigenvalue weighted by Crippen LogP contribution is 2.43. The van der Waals surface area contributed by atoms with Crippen molar-refractivity contribution in [2.24, 2.45) is 17.8 Å². The first-order valence-corrected chi connectivity index (χ1v) is 8.43. The molecule has 0 saturated heterocycles. The molecule has 0 radical (unpaired) electrons. The number of carbonyl (C=O) groups is 1. The van der Waals surface area contributed by atoms with Gasteiger partial charge in [-0.2, -0.15) is 0 Å². The Balaban J connectivity index is 1.57. The molecule has 21 heavy (non-hydrogen) atoms. The van der Waals surface area contributed by atoms with Gasteiger partial charge in [0.1, 0.15) is 0 Å². The van der Waals surface area contributed by atoms with Gasteiger partial charge in [-0.1, -0.05) is 43.9 Å². The maximum Gasteiger partial charge on any atom is 0.168 e. The largest absolute Gasteiger partial charge is 0.360 e. The summed E-state index contributed by atoms with van der Waals surface area (Å²) in [5, 5.41) is 1.09. The number of aromatic nitrogens is 1. The van der Waals surface area contributed by atoms with Gasteiger partial charge in [0.15, 0.2) is 5.78 Å². The van der Waals surface area contributed by atoms with Crippen molar-refractivity contribution < 1.29 is 4.79 Å². The molecule has 1 aromatic heterocycles. The minimum absolute atomic E-state index is 0.253. The van der Waals surface area contributed by atoms with Gasteiger partial charge in [-0.15, -0.1) is 0 Å². The minimum Gasteiger partial charge on any atom is -0.360 e. The number of hydrogen-bond donors (Lipinski definition) is 1. The van der Waals surface area contributed by atoms with Gasteiger partial charge in [0.25, 0.3) is 0 Å². The average molecular weight is 281 g/mol. The first-order valence-electron chi connectivity index (χ1n) is 8.43. The Morgan fingerprint density at radius 1 is 1.00 bits per heavy atom. The highest BCUT2D eigenvalue weighted by molar-refractivity contribution is 6.08. The number of hydrogen-bond acceptors (Lipinski definition) is 1. The lowest BCUT2D eigenvalue weighted by molar-refractivity contribution is 0.0765. The van der Waals surface area contributed by atoms with E-state index in [1.54, 1.807) is 0 Å². The lowest BCUT2D eigenvalue weighted by atomic mass is 9.66. The zero-order valence-electron chi connectivity index (χ0n) is 12.5. The van der Waals surface area contributed by atoms with Gasteiger partial charge in [-0.05, 0) is 37.2 Å². The van der Waals surface area contributed by atoms with E-state index < -0.39 is 0 Å². The van der Waals surface area contributed by atoms with Gasteiger partial charge >= 0.3 is 0 Å². The highest BCUT2D eigenvalue weighted by Gasteiger charge is 2.35. The predicted octanol–water partition coefficient (Wildman–Crippen LogP) is 4.96. The highest BCUT2D eigenvalue weighted by atomic mass is 16.1. The van der Waals surface area contributed by atoms with Crippen molar-refractivity contribution in [1.29, 1.82) is 0 Å². The van der Waals surface area contributed by atoms with Crippen LogP contribution in [0.3, 0.4) is 0 Å². The van der Waals surface area contributed by atoms with E-state index in [0.29, 0.717) is 5.78 Å². The summed E-state index contributed by atoms with van der Waals surface area (Å²) in [6.07, 6.45) is 10.9. The maximum absolute atomic E-state index is 12.9. The van der Waals surface area contributed by atoms with Crippen LogP contribution < -0.4 is 0 Å². The molecule has 4 rings (SSSR count). The summed E-state index contributed by atoms with van der Waals surface area (Å²) < 4.78 is 0. The van der Waals surface area contributed by atoms with E-state index in [9.17, 15) is 4.79 Å². The molecule has 0 aliphatic heterocycles. The number of para-hydroxylation sites is 1. The van der Waals surface area contributed by atoms with E-state index in [4.69, 9.17) is 0 Å². The van der Waals surface area contributed by atoms with Gasteiger partial charge in [-0.25, -0.2) is 0 Å². The van der Waals surface area contributed by atoms with E-state index in [2.05, 4.69) is 11.1 Å². The fraction of sp³-hybridized carbons (Fsp3) is 0.526. The molecule has 1 N–H and O–H groups in total. The van der Waals surface area contributed by atoms with Crippen LogP contribution in [0.2, 0.25) is 0 Å². The minimum atomic E-state index is 0.253. The van der Waals surface area contributed by atoms with Gasteiger partial charge in [0, 0.05) is 28.6 Å². The molecule has 0 amide bonds. The zero-order chi connectivity index (χ0) is 14.2. The fourth-order valence-corrected chi connectivity index (χ4v) is 4.61. The summed E-state index contributed by atoms with van der Waals surface area (Å²) in [6, 6.07) is 8.14. The van der Waals surface area contributed by atoms with Crippen LogP contribution in [0.25, 0.3) is 10.9 Å². The van der Waals surface area contributed by atoms with Crippen LogP contribution in [0.5, 0.6) is 0 Å². The lowest BCUT2D eigenvalue weighted by Crippen LogP contribution is -2.31. The summed E-state index contributed by atoms with van der Waals surface area (Å²) in [7, 11) is 0. The summed E-state index contributed by atoms with van der Waals surface area (Å²) >= 11 is 0. The SMILES string of the molecule is O=C(c1c[nH]c2ccccc12)C1CCC2CCCCC2C1. The molecule has 2 aromatic rings. The molecule has 1 aromatic carbocycles. The molecule has 110 valence electrons. The Hall–Kier alpha value is -1.57. The third-order valence-electron chi connectivity index (χ3n) is 5.77. The molecular weight excluding hydrogens is 258 g/mol. The number of fused-ring (bicyclic) bond motifs is 2. The number of carbonyl (C=O) groups excluding carboxylic acids is 1. The van der Waals surface area contributed by atoms with Crippen molar-refractivity contribution >= 4 is 16.7 Å². The van der Waals surface area contributed by atoms with Crippen LogP contribution in [-0.2, 0) is 0 Å². The van der Waals surface area contributed by atoms with Crippen LogP contribution in [-0.4, -0.2) is 10.8 Å². The Morgan fingerprint density at radius 3 is 2.71 bits per heavy atom.